The van der Waals surface area contributed by atoms with Crippen molar-refractivity contribution in [2.24, 2.45) is 0 Å². The topological polar surface area (TPSA) is 64.9 Å². The van der Waals surface area contributed by atoms with Gasteiger partial charge in [0, 0.05) is 21.5 Å². The Morgan fingerprint density at radius 1 is 1.47 bits per heavy atom. The molecule has 0 spiro atoms. The third-order valence-electron chi connectivity index (χ3n) is 2.15. The maximum Gasteiger partial charge on any atom is 0.237 e. The van der Waals surface area contributed by atoms with Gasteiger partial charge in [-0.1, -0.05) is 28.0 Å². The van der Waals surface area contributed by atoms with Gasteiger partial charge in [0.1, 0.15) is 0 Å². The highest BCUT2D eigenvalue weighted by Gasteiger charge is 2.07. The first-order chi connectivity index (χ1) is 8.19. The van der Waals surface area contributed by atoms with E-state index in [1.807, 2.05) is 25.1 Å². The highest BCUT2D eigenvalue weighted by molar-refractivity contribution is 9.10. The molecule has 1 aromatic heterocycles. The van der Waals surface area contributed by atoms with Crippen LogP contribution in [0.5, 0.6) is 0 Å². The Hall–Kier alpha value is -1.01. The van der Waals surface area contributed by atoms with Gasteiger partial charge in [0.05, 0.1) is 5.75 Å². The van der Waals surface area contributed by atoms with Crippen LogP contribution in [0.1, 0.15) is 18.6 Å². The van der Waals surface area contributed by atoms with E-state index in [0.29, 0.717) is 11.6 Å². The quantitative estimate of drug-likeness (QED) is 0.693. The summed E-state index contributed by atoms with van der Waals surface area (Å²) in [4.78, 5) is 5.26. The lowest BCUT2D eigenvalue weighted by molar-refractivity contribution is 0.385. The number of nitrogens with zero attached hydrogens (tertiary/aromatic N) is 2. The summed E-state index contributed by atoms with van der Waals surface area (Å²) in [6.45, 7) is 1.99. The number of nitrogen functional groups attached to an aromatic ring is 1. The van der Waals surface area contributed by atoms with E-state index < -0.39 is 0 Å². The van der Waals surface area contributed by atoms with E-state index in [1.165, 1.54) is 0 Å². The molecule has 1 heterocycles. The van der Waals surface area contributed by atoms with Crippen molar-refractivity contribution in [3.63, 3.8) is 0 Å². The van der Waals surface area contributed by atoms with Crippen molar-refractivity contribution in [2.45, 2.75) is 24.0 Å². The van der Waals surface area contributed by atoms with Gasteiger partial charge in [-0.3, -0.25) is 0 Å². The Morgan fingerprint density at radius 3 is 2.94 bits per heavy atom. The van der Waals surface area contributed by atoms with Gasteiger partial charge in [-0.15, -0.1) is 11.8 Å². The fraction of sp³-hybridized carbons (Fsp3) is 0.273. The summed E-state index contributed by atoms with van der Waals surface area (Å²) in [6, 6.07) is 5.82. The van der Waals surface area contributed by atoms with Gasteiger partial charge in [-0.2, -0.15) is 4.98 Å². The molecule has 0 saturated carbocycles. The van der Waals surface area contributed by atoms with Gasteiger partial charge in [0.25, 0.3) is 0 Å². The number of halogens is 1. The van der Waals surface area contributed by atoms with Crippen LogP contribution in [-0.2, 0) is 12.2 Å². The van der Waals surface area contributed by atoms with Crippen LogP contribution in [0.2, 0.25) is 0 Å². The molecule has 2 rings (SSSR count). The van der Waals surface area contributed by atoms with Gasteiger partial charge < -0.3 is 10.3 Å². The number of aromatic nitrogens is 2. The Labute approximate surface area is 112 Å². The van der Waals surface area contributed by atoms with Crippen LogP contribution in [0.3, 0.4) is 0 Å². The second kappa shape index (κ2) is 5.55. The first kappa shape index (κ1) is 12.4. The maximum atomic E-state index is 5.90. The number of nitrogens with two attached hydrogens (primary N) is 1. The smallest absolute Gasteiger partial charge is 0.237 e. The van der Waals surface area contributed by atoms with Crippen molar-refractivity contribution < 1.29 is 4.52 Å². The van der Waals surface area contributed by atoms with E-state index in [2.05, 4.69) is 26.1 Å². The van der Waals surface area contributed by atoms with Crippen LogP contribution in [0, 0.1) is 0 Å². The first-order valence-electron chi connectivity index (χ1n) is 5.18. The summed E-state index contributed by atoms with van der Waals surface area (Å²) in [7, 11) is 0. The van der Waals surface area contributed by atoms with Crippen molar-refractivity contribution in [1.82, 2.24) is 10.1 Å². The fourth-order valence-electron chi connectivity index (χ4n) is 1.28. The number of anilines is 1. The zero-order chi connectivity index (χ0) is 12.3. The molecule has 1 aromatic carbocycles. The Kier molecular flexibility index (Phi) is 4.06. The van der Waals surface area contributed by atoms with Crippen molar-refractivity contribution in [1.29, 1.82) is 0 Å². The van der Waals surface area contributed by atoms with Gasteiger partial charge in [0.15, 0.2) is 5.82 Å². The second-order valence-electron chi connectivity index (χ2n) is 3.43. The van der Waals surface area contributed by atoms with Gasteiger partial charge in [0.2, 0.25) is 5.89 Å². The van der Waals surface area contributed by atoms with E-state index >= 15 is 0 Å². The van der Waals surface area contributed by atoms with E-state index in [-0.39, 0.29) is 0 Å². The van der Waals surface area contributed by atoms with Gasteiger partial charge in [-0.05, 0) is 18.2 Å². The predicted octanol–water partition coefficient (Wildman–Crippen LogP) is 3.27. The lowest BCUT2D eigenvalue weighted by Crippen LogP contribution is -1.89. The zero-order valence-corrected chi connectivity index (χ0v) is 11.7. The number of hydrogen-bond donors (Lipinski definition) is 1. The van der Waals surface area contributed by atoms with Crippen LogP contribution in [0.4, 0.5) is 5.69 Å². The highest BCUT2D eigenvalue weighted by Crippen LogP contribution is 2.29. The summed E-state index contributed by atoms with van der Waals surface area (Å²) in [5.41, 5.74) is 6.65. The largest absolute Gasteiger partial charge is 0.398 e. The average Bonchev–Trinajstić information content (AvgIpc) is 2.76. The second-order valence-corrected chi connectivity index (χ2v) is 5.36. The number of aryl methyl sites for hydroxylation is 1. The summed E-state index contributed by atoms with van der Waals surface area (Å²) >= 11 is 4.97. The van der Waals surface area contributed by atoms with Crippen LogP contribution in [-0.4, -0.2) is 10.1 Å². The van der Waals surface area contributed by atoms with Crippen LogP contribution < -0.4 is 5.73 Å². The van der Waals surface area contributed by atoms with Crippen LogP contribution in [0.15, 0.2) is 32.1 Å². The summed E-state index contributed by atoms with van der Waals surface area (Å²) in [6.07, 6.45) is 0.786. The molecule has 2 aromatic rings. The molecule has 0 bridgehead atoms. The summed E-state index contributed by atoms with van der Waals surface area (Å²) < 4.78 is 6.09. The third-order valence-corrected chi connectivity index (χ3v) is 3.72. The molecule has 0 saturated heterocycles. The molecule has 17 heavy (non-hydrogen) atoms. The van der Waals surface area contributed by atoms with E-state index in [0.717, 1.165) is 27.3 Å². The molecule has 90 valence electrons. The number of thioether (sulfide) groups is 1. The first-order valence-corrected chi connectivity index (χ1v) is 6.96. The molecule has 0 atom stereocenters. The molecular formula is C11H12BrN3OS. The minimum absolute atomic E-state index is 0.633. The SMILES string of the molecule is CCc1noc(CSc2ccc(Br)cc2N)n1. The molecule has 0 radical (unpaired) electrons. The molecule has 0 unspecified atom stereocenters. The van der Waals surface area contributed by atoms with E-state index in [1.54, 1.807) is 11.8 Å². The molecule has 4 nitrogen and oxygen atoms in total. The molecule has 0 fully saturated rings. The highest BCUT2D eigenvalue weighted by atomic mass is 79.9. The molecule has 2 N–H and O–H groups in total. The lowest BCUT2D eigenvalue weighted by atomic mass is 10.3. The van der Waals surface area contributed by atoms with Crippen molar-refractivity contribution in [2.75, 3.05) is 5.73 Å². The number of benzene rings is 1. The fourth-order valence-corrected chi connectivity index (χ4v) is 2.45. The van der Waals surface area contributed by atoms with Gasteiger partial charge in [-0.25, -0.2) is 0 Å². The van der Waals surface area contributed by atoms with Crippen LogP contribution >= 0.6 is 27.7 Å². The Balaban J connectivity index is 2.02. The normalized spacial score (nSPS) is 10.7. The maximum absolute atomic E-state index is 5.90. The summed E-state index contributed by atoms with van der Waals surface area (Å²) in [5, 5.41) is 3.85. The Morgan fingerprint density at radius 2 is 2.29 bits per heavy atom. The molecular weight excluding hydrogens is 302 g/mol. The Bertz CT molecular complexity index is 515. The minimum atomic E-state index is 0.633. The molecule has 0 amide bonds. The van der Waals surface area contributed by atoms with Gasteiger partial charge >= 0.3 is 0 Å². The third kappa shape index (κ3) is 3.23. The zero-order valence-electron chi connectivity index (χ0n) is 9.31. The van der Waals surface area contributed by atoms with Crippen molar-refractivity contribution in [3.05, 3.63) is 34.4 Å². The van der Waals surface area contributed by atoms with Crippen molar-refractivity contribution in [3.8, 4) is 0 Å². The van der Waals surface area contributed by atoms with Crippen LogP contribution in [0.25, 0.3) is 0 Å². The molecule has 0 aliphatic rings. The monoisotopic (exact) mass is 313 g/mol. The summed E-state index contributed by atoms with van der Waals surface area (Å²) in [5.74, 6) is 2.01. The molecule has 6 heteroatoms. The average molecular weight is 314 g/mol. The van der Waals surface area contributed by atoms with Crippen molar-refractivity contribution >= 4 is 33.4 Å². The molecule has 0 aliphatic heterocycles. The minimum Gasteiger partial charge on any atom is -0.398 e. The number of rotatable bonds is 4. The predicted molar refractivity (Wildman–Crippen MR) is 71.8 cm³/mol. The standard InChI is InChI=1S/C11H12BrN3OS/c1-2-10-14-11(16-15-10)6-17-9-4-3-7(12)5-8(9)13/h3-5H,2,6,13H2,1H3. The van der Waals surface area contributed by atoms with E-state index in [4.69, 9.17) is 10.3 Å². The lowest BCUT2D eigenvalue weighted by Gasteiger charge is -2.03. The number of hydrogen-bond acceptors (Lipinski definition) is 5. The molecule has 0 aliphatic carbocycles. The van der Waals surface area contributed by atoms with E-state index in [9.17, 15) is 0 Å².